The third-order valence-electron chi connectivity index (χ3n) is 1.58. The summed E-state index contributed by atoms with van der Waals surface area (Å²) in [4.78, 5) is 0.783. The molecule has 0 atom stereocenters. The topological polar surface area (TPSA) is 64.9 Å². The first-order chi connectivity index (χ1) is 6.27. The number of nitrogens with two attached hydrogens (primary N) is 1. The van der Waals surface area contributed by atoms with Crippen LogP contribution in [0.25, 0.3) is 11.5 Å². The van der Waals surface area contributed by atoms with E-state index >= 15 is 0 Å². The molecule has 0 unspecified atom stereocenters. The molecule has 2 rings (SSSR count). The van der Waals surface area contributed by atoms with E-state index in [-0.39, 0.29) is 6.01 Å². The van der Waals surface area contributed by atoms with Gasteiger partial charge in [-0.1, -0.05) is 17.2 Å². The van der Waals surface area contributed by atoms with Crippen LogP contribution in [0.3, 0.4) is 0 Å². The van der Waals surface area contributed by atoms with E-state index in [2.05, 4.69) is 22.8 Å². The van der Waals surface area contributed by atoms with Crippen molar-refractivity contribution in [1.82, 2.24) is 10.2 Å². The van der Waals surface area contributed by atoms with E-state index in [1.165, 1.54) is 0 Å². The second-order valence-corrected chi connectivity index (χ2v) is 2.94. The molecule has 0 amide bonds. The molecular formula is C8H7N3OS. The Hall–Kier alpha value is -1.49. The first-order valence-electron chi connectivity index (χ1n) is 3.65. The summed E-state index contributed by atoms with van der Waals surface area (Å²) in [6.45, 7) is 0. The van der Waals surface area contributed by atoms with Gasteiger partial charge in [0.05, 0.1) is 5.56 Å². The van der Waals surface area contributed by atoms with Gasteiger partial charge in [0.15, 0.2) is 0 Å². The first-order valence-corrected chi connectivity index (χ1v) is 4.09. The van der Waals surface area contributed by atoms with Gasteiger partial charge >= 0.3 is 6.01 Å². The number of thiol groups is 1. The van der Waals surface area contributed by atoms with Gasteiger partial charge in [0.2, 0.25) is 0 Å². The molecule has 0 aliphatic carbocycles. The summed E-state index contributed by atoms with van der Waals surface area (Å²) in [6, 6.07) is 7.50. The molecule has 13 heavy (non-hydrogen) atoms. The summed E-state index contributed by atoms with van der Waals surface area (Å²) >= 11 is 4.25. The molecule has 0 fully saturated rings. The van der Waals surface area contributed by atoms with Crippen molar-refractivity contribution < 1.29 is 4.42 Å². The van der Waals surface area contributed by atoms with E-state index in [1.807, 2.05) is 24.3 Å². The van der Waals surface area contributed by atoms with Crippen LogP contribution in [0.5, 0.6) is 0 Å². The predicted molar refractivity (Wildman–Crippen MR) is 51.4 cm³/mol. The zero-order valence-corrected chi connectivity index (χ0v) is 7.53. The van der Waals surface area contributed by atoms with Crippen LogP contribution in [0, 0.1) is 0 Å². The molecular weight excluding hydrogens is 186 g/mol. The molecule has 1 aromatic carbocycles. The lowest BCUT2D eigenvalue weighted by Gasteiger charge is -1.96. The van der Waals surface area contributed by atoms with Crippen LogP contribution in [-0.4, -0.2) is 10.2 Å². The molecule has 0 radical (unpaired) electrons. The number of rotatable bonds is 1. The average molecular weight is 193 g/mol. The van der Waals surface area contributed by atoms with Crippen LogP contribution in [0.2, 0.25) is 0 Å². The molecule has 0 spiro atoms. The van der Waals surface area contributed by atoms with Crippen molar-refractivity contribution in [1.29, 1.82) is 0 Å². The number of hydrogen-bond acceptors (Lipinski definition) is 5. The molecule has 0 saturated carbocycles. The third kappa shape index (κ3) is 1.50. The number of hydrogen-bond donors (Lipinski definition) is 2. The molecule has 2 N–H and O–H groups in total. The van der Waals surface area contributed by atoms with E-state index < -0.39 is 0 Å². The fourth-order valence-electron chi connectivity index (χ4n) is 0.998. The van der Waals surface area contributed by atoms with Crippen molar-refractivity contribution in [3.8, 4) is 11.5 Å². The molecule has 1 heterocycles. The zero-order valence-electron chi connectivity index (χ0n) is 6.64. The highest BCUT2D eigenvalue weighted by molar-refractivity contribution is 7.80. The Kier molecular flexibility index (Phi) is 1.94. The highest BCUT2D eigenvalue weighted by Crippen LogP contribution is 2.24. The SMILES string of the molecule is Nc1nnc(-c2ccccc2S)o1. The minimum atomic E-state index is 0.0617. The lowest BCUT2D eigenvalue weighted by atomic mass is 10.2. The van der Waals surface area contributed by atoms with Crippen molar-refractivity contribution in [2.24, 2.45) is 0 Å². The minimum Gasteiger partial charge on any atom is -0.404 e. The zero-order chi connectivity index (χ0) is 9.26. The summed E-state index contributed by atoms with van der Waals surface area (Å²) in [7, 11) is 0. The molecule has 2 aromatic rings. The summed E-state index contributed by atoms with van der Waals surface area (Å²) in [5, 5.41) is 7.32. The lowest BCUT2D eigenvalue weighted by Crippen LogP contribution is -1.81. The number of nitrogen functional groups attached to an aromatic ring is 1. The highest BCUT2D eigenvalue weighted by atomic mass is 32.1. The Morgan fingerprint density at radius 1 is 1.23 bits per heavy atom. The maximum atomic E-state index is 5.30. The number of anilines is 1. The molecule has 0 saturated heterocycles. The van der Waals surface area contributed by atoms with Crippen molar-refractivity contribution in [2.75, 3.05) is 5.73 Å². The van der Waals surface area contributed by atoms with Crippen LogP contribution >= 0.6 is 12.6 Å². The van der Waals surface area contributed by atoms with Gasteiger partial charge in [0.1, 0.15) is 0 Å². The lowest BCUT2D eigenvalue weighted by molar-refractivity contribution is 0.589. The van der Waals surface area contributed by atoms with E-state index in [0.29, 0.717) is 5.89 Å². The Balaban J connectivity index is 2.52. The summed E-state index contributed by atoms with van der Waals surface area (Å²) < 4.78 is 5.06. The van der Waals surface area contributed by atoms with Crippen molar-refractivity contribution in [3.63, 3.8) is 0 Å². The summed E-state index contributed by atoms with van der Waals surface area (Å²) in [5.74, 6) is 0.392. The van der Waals surface area contributed by atoms with Crippen LogP contribution in [-0.2, 0) is 0 Å². The van der Waals surface area contributed by atoms with Gasteiger partial charge in [-0.3, -0.25) is 0 Å². The van der Waals surface area contributed by atoms with Gasteiger partial charge in [0, 0.05) is 4.90 Å². The van der Waals surface area contributed by atoms with Crippen LogP contribution in [0.15, 0.2) is 33.6 Å². The van der Waals surface area contributed by atoms with Crippen molar-refractivity contribution in [3.05, 3.63) is 24.3 Å². The number of nitrogens with zero attached hydrogens (tertiary/aromatic N) is 2. The normalized spacial score (nSPS) is 10.2. The van der Waals surface area contributed by atoms with Gasteiger partial charge in [-0.15, -0.1) is 17.7 Å². The second-order valence-electron chi connectivity index (χ2n) is 2.46. The largest absolute Gasteiger partial charge is 0.404 e. The van der Waals surface area contributed by atoms with E-state index in [1.54, 1.807) is 0 Å². The number of benzene rings is 1. The Morgan fingerprint density at radius 3 is 2.62 bits per heavy atom. The predicted octanol–water partition coefficient (Wildman–Crippen LogP) is 1.61. The second kappa shape index (κ2) is 3.10. The quantitative estimate of drug-likeness (QED) is 0.675. The van der Waals surface area contributed by atoms with E-state index in [4.69, 9.17) is 10.2 Å². The monoisotopic (exact) mass is 193 g/mol. The molecule has 66 valence electrons. The van der Waals surface area contributed by atoms with Gasteiger partial charge in [-0.05, 0) is 12.1 Å². The molecule has 4 nitrogen and oxygen atoms in total. The van der Waals surface area contributed by atoms with Gasteiger partial charge < -0.3 is 10.2 Å². The van der Waals surface area contributed by atoms with Crippen molar-refractivity contribution in [2.45, 2.75) is 4.90 Å². The van der Waals surface area contributed by atoms with Crippen LogP contribution in [0.1, 0.15) is 0 Å². The molecule has 1 aromatic heterocycles. The van der Waals surface area contributed by atoms with Crippen LogP contribution in [0.4, 0.5) is 6.01 Å². The molecule has 0 bridgehead atoms. The maximum Gasteiger partial charge on any atom is 0.313 e. The first kappa shape index (κ1) is 8.12. The molecule has 0 aliphatic heterocycles. The number of aromatic nitrogens is 2. The van der Waals surface area contributed by atoms with Gasteiger partial charge in [-0.25, -0.2) is 0 Å². The van der Waals surface area contributed by atoms with Crippen molar-refractivity contribution >= 4 is 18.6 Å². The molecule has 5 heteroatoms. The third-order valence-corrected chi connectivity index (χ3v) is 1.97. The van der Waals surface area contributed by atoms with E-state index in [0.717, 1.165) is 10.5 Å². The fourth-order valence-corrected chi connectivity index (χ4v) is 1.25. The Bertz CT molecular complexity index is 427. The average Bonchev–Trinajstić information content (AvgIpc) is 2.53. The highest BCUT2D eigenvalue weighted by Gasteiger charge is 2.08. The van der Waals surface area contributed by atoms with Crippen LogP contribution < -0.4 is 5.73 Å². The van der Waals surface area contributed by atoms with E-state index in [9.17, 15) is 0 Å². The summed E-state index contributed by atoms with van der Waals surface area (Å²) in [5.41, 5.74) is 6.09. The van der Waals surface area contributed by atoms with Gasteiger partial charge in [0.25, 0.3) is 5.89 Å². The van der Waals surface area contributed by atoms with Gasteiger partial charge in [-0.2, -0.15) is 0 Å². The summed E-state index contributed by atoms with van der Waals surface area (Å²) in [6.07, 6.45) is 0. The minimum absolute atomic E-state index is 0.0617. The Labute approximate surface area is 80.2 Å². The molecule has 0 aliphatic rings. The Morgan fingerprint density at radius 2 is 2.00 bits per heavy atom. The standard InChI is InChI=1S/C8H7N3OS/c9-8-11-10-7(12-8)5-3-1-2-4-6(5)13/h1-4,13H,(H2,9,11). The fraction of sp³-hybridized carbons (Fsp3) is 0. The maximum absolute atomic E-state index is 5.30. The smallest absolute Gasteiger partial charge is 0.313 e.